The fourth-order valence-electron chi connectivity index (χ4n) is 2.75. The summed E-state index contributed by atoms with van der Waals surface area (Å²) in [6.45, 7) is 0.608. The molecular formula is C18H16BrNO3. The number of aryl methyl sites for hydroxylation is 1. The molecule has 1 heterocycles. The van der Waals surface area contributed by atoms with Crippen molar-refractivity contribution in [3.63, 3.8) is 0 Å². The summed E-state index contributed by atoms with van der Waals surface area (Å²) < 4.78 is 6.36. The van der Waals surface area contributed by atoms with Crippen molar-refractivity contribution in [3.8, 4) is 5.75 Å². The van der Waals surface area contributed by atoms with Crippen LogP contribution in [-0.2, 0) is 11.2 Å². The molecule has 0 aliphatic carbocycles. The molecule has 3 rings (SSSR count). The minimum absolute atomic E-state index is 0.0865. The van der Waals surface area contributed by atoms with Crippen LogP contribution in [0.1, 0.15) is 22.3 Å². The van der Waals surface area contributed by atoms with E-state index in [2.05, 4.69) is 22.0 Å². The number of amides is 1. The summed E-state index contributed by atoms with van der Waals surface area (Å²) in [5.74, 6) is 0.318. The number of rotatable bonds is 4. The number of ether oxygens (including phenoxy) is 1. The molecule has 2 aromatic carbocycles. The van der Waals surface area contributed by atoms with E-state index < -0.39 is 0 Å². The molecule has 118 valence electrons. The van der Waals surface area contributed by atoms with Crippen molar-refractivity contribution in [3.05, 3.63) is 58.1 Å². The lowest BCUT2D eigenvalue weighted by atomic mass is 10.0. The molecule has 0 aromatic heterocycles. The molecule has 0 atom stereocenters. The zero-order valence-corrected chi connectivity index (χ0v) is 14.1. The van der Waals surface area contributed by atoms with Gasteiger partial charge in [0.2, 0.25) is 0 Å². The van der Waals surface area contributed by atoms with Crippen LogP contribution in [0.15, 0.2) is 46.9 Å². The molecule has 0 fully saturated rings. The van der Waals surface area contributed by atoms with Crippen molar-refractivity contribution in [2.45, 2.75) is 12.8 Å². The minimum atomic E-state index is -0.100. The van der Waals surface area contributed by atoms with Crippen molar-refractivity contribution in [2.24, 2.45) is 0 Å². The molecule has 1 aliphatic heterocycles. The third-order valence-electron chi connectivity index (χ3n) is 3.86. The number of benzene rings is 2. The molecule has 0 saturated heterocycles. The van der Waals surface area contributed by atoms with Gasteiger partial charge in [-0.25, -0.2) is 0 Å². The Kier molecular flexibility index (Phi) is 4.76. The van der Waals surface area contributed by atoms with Crippen LogP contribution in [0.25, 0.3) is 0 Å². The van der Waals surface area contributed by atoms with Crippen LogP contribution in [0.3, 0.4) is 0 Å². The van der Waals surface area contributed by atoms with Gasteiger partial charge in [-0.15, -0.1) is 0 Å². The second-order valence-corrected chi connectivity index (χ2v) is 6.28. The van der Waals surface area contributed by atoms with E-state index in [0.29, 0.717) is 17.9 Å². The van der Waals surface area contributed by atoms with Crippen LogP contribution in [0.4, 0.5) is 5.69 Å². The Bertz CT molecular complexity index is 745. The van der Waals surface area contributed by atoms with Gasteiger partial charge in [0.05, 0.1) is 5.56 Å². The van der Waals surface area contributed by atoms with Gasteiger partial charge in [-0.2, -0.15) is 0 Å². The van der Waals surface area contributed by atoms with Gasteiger partial charge < -0.3 is 9.64 Å². The maximum atomic E-state index is 12.5. The molecule has 0 N–H and O–H groups in total. The van der Waals surface area contributed by atoms with E-state index in [0.717, 1.165) is 29.3 Å². The first-order valence-electron chi connectivity index (χ1n) is 7.45. The van der Waals surface area contributed by atoms with Gasteiger partial charge in [-0.1, -0.05) is 34.1 Å². The predicted octanol–water partition coefficient (Wildman–Crippen LogP) is 3.62. The maximum absolute atomic E-state index is 12.5. The van der Waals surface area contributed by atoms with E-state index >= 15 is 0 Å². The number of anilines is 1. The third-order valence-corrected chi connectivity index (χ3v) is 4.35. The molecule has 0 bridgehead atoms. The van der Waals surface area contributed by atoms with Gasteiger partial charge in [-0.3, -0.25) is 9.59 Å². The molecule has 0 spiro atoms. The first kappa shape index (κ1) is 15.7. The highest BCUT2D eigenvalue weighted by Gasteiger charge is 2.22. The first-order valence-corrected chi connectivity index (χ1v) is 8.24. The fraction of sp³-hybridized carbons (Fsp3) is 0.222. The van der Waals surface area contributed by atoms with Gasteiger partial charge >= 0.3 is 0 Å². The van der Waals surface area contributed by atoms with E-state index in [9.17, 15) is 9.59 Å². The largest absolute Gasteiger partial charge is 0.483 e. The summed E-state index contributed by atoms with van der Waals surface area (Å²) in [7, 11) is 0. The standard InChI is InChI=1S/C18H16BrNO3/c19-15-7-8-17(14(10-15)11-21)23-12-18(22)20-9-3-5-13-4-1-2-6-16(13)20/h1-2,4,6-8,10-11H,3,5,9,12H2. The lowest BCUT2D eigenvalue weighted by molar-refractivity contribution is -0.120. The zero-order chi connectivity index (χ0) is 16.2. The van der Waals surface area contributed by atoms with E-state index in [1.54, 1.807) is 23.1 Å². The number of carbonyl (C=O) groups excluding carboxylic acids is 2. The van der Waals surface area contributed by atoms with Crippen LogP contribution in [-0.4, -0.2) is 25.3 Å². The van der Waals surface area contributed by atoms with Gasteiger partial charge in [0, 0.05) is 16.7 Å². The summed E-state index contributed by atoms with van der Waals surface area (Å²) in [6.07, 6.45) is 2.66. The lowest BCUT2D eigenvalue weighted by Gasteiger charge is -2.29. The average Bonchev–Trinajstić information content (AvgIpc) is 2.59. The Balaban J connectivity index is 1.73. The van der Waals surface area contributed by atoms with Crippen LogP contribution in [0.5, 0.6) is 5.75 Å². The minimum Gasteiger partial charge on any atom is -0.483 e. The number of nitrogens with zero attached hydrogens (tertiary/aromatic N) is 1. The maximum Gasteiger partial charge on any atom is 0.264 e. The first-order chi connectivity index (χ1) is 11.2. The molecule has 2 aromatic rings. The quantitative estimate of drug-likeness (QED) is 0.768. The Morgan fingerprint density at radius 2 is 2.09 bits per heavy atom. The summed E-state index contributed by atoms with van der Waals surface area (Å²) in [6, 6.07) is 13.1. The number of carbonyl (C=O) groups is 2. The third kappa shape index (κ3) is 3.45. The summed E-state index contributed by atoms with van der Waals surface area (Å²) >= 11 is 3.31. The van der Waals surface area contributed by atoms with Crippen molar-refractivity contribution in [1.82, 2.24) is 0 Å². The second-order valence-electron chi connectivity index (χ2n) is 5.37. The highest BCUT2D eigenvalue weighted by molar-refractivity contribution is 9.10. The van der Waals surface area contributed by atoms with E-state index in [-0.39, 0.29) is 12.5 Å². The van der Waals surface area contributed by atoms with E-state index in [1.807, 2.05) is 18.2 Å². The lowest BCUT2D eigenvalue weighted by Crippen LogP contribution is -2.38. The van der Waals surface area contributed by atoms with Crippen molar-refractivity contribution in [1.29, 1.82) is 0 Å². The van der Waals surface area contributed by atoms with Crippen molar-refractivity contribution in [2.75, 3.05) is 18.1 Å². The van der Waals surface area contributed by atoms with Crippen LogP contribution < -0.4 is 9.64 Å². The van der Waals surface area contributed by atoms with Crippen molar-refractivity contribution >= 4 is 33.8 Å². The van der Waals surface area contributed by atoms with Crippen molar-refractivity contribution < 1.29 is 14.3 Å². The van der Waals surface area contributed by atoms with Gasteiger partial charge in [0.25, 0.3) is 5.91 Å². The number of fused-ring (bicyclic) bond motifs is 1. The van der Waals surface area contributed by atoms with E-state index in [1.165, 1.54) is 5.56 Å². The Morgan fingerprint density at radius 3 is 2.91 bits per heavy atom. The van der Waals surface area contributed by atoms with Gasteiger partial charge in [0.1, 0.15) is 5.75 Å². The average molecular weight is 374 g/mol. The smallest absolute Gasteiger partial charge is 0.264 e. The van der Waals surface area contributed by atoms with Crippen LogP contribution in [0, 0.1) is 0 Å². The Morgan fingerprint density at radius 1 is 1.26 bits per heavy atom. The molecule has 1 aliphatic rings. The predicted molar refractivity (Wildman–Crippen MR) is 92.1 cm³/mol. The highest BCUT2D eigenvalue weighted by Crippen LogP contribution is 2.27. The highest BCUT2D eigenvalue weighted by atomic mass is 79.9. The summed E-state index contributed by atoms with van der Waals surface area (Å²) in [5.41, 5.74) is 2.56. The summed E-state index contributed by atoms with van der Waals surface area (Å²) in [4.78, 5) is 25.4. The number of hydrogen-bond donors (Lipinski definition) is 0. The number of hydrogen-bond acceptors (Lipinski definition) is 3. The zero-order valence-electron chi connectivity index (χ0n) is 12.5. The molecule has 23 heavy (non-hydrogen) atoms. The molecule has 0 unspecified atom stereocenters. The van der Waals surface area contributed by atoms with Crippen LogP contribution >= 0.6 is 15.9 Å². The topological polar surface area (TPSA) is 46.6 Å². The van der Waals surface area contributed by atoms with Crippen LogP contribution in [0.2, 0.25) is 0 Å². The number of halogens is 1. The molecule has 5 heteroatoms. The molecular weight excluding hydrogens is 358 g/mol. The molecule has 0 saturated carbocycles. The second kappa shape index (κ2) is 6.96. The van der Waals surface area contributed by atoms with Gasteiger partial charge in [0.15, 0.2) is 12.9 Å². The number of para-hydroxylation sites is 1. The molecule has 1 amide bonds. The normalized spacial score (nSPS) is 13.3. The summed E-state index contributed by atoms with van der Waals surface area (Å²) in [5, 5.41) is 0. The fourth-order valence-corrected chi connectivity index (χ4v) is 3.13. The Hall–Kier alpha value is -2.14. The monoisotopic (exact) mass is 373 g/mol. The SMILES string of the molecule is O=Cc1cc(Br)ccc1OCC(=O)N1CCCc2ccccc21. The molecule has 0 radical (unpaired) electrons. The molecule has 4 nitrogen and oxygen atoms in total. The van der Waals surface area contributed by atoms with E-state index in [4.69, 9.17) is 4.74 Å². The number of aldehydes is 1. The van der Waals surface area contributed by atoms with Gasteiger partial charge in [-0.05, 0) is 42.7 Å². The Labute approximate surface area is 143 Å².